The van der Waals surface area contributed by atoms with Gasteiger partial charge in [-0.15, -0.1) is 12.4 Å². The highest BCUT2D eigenvalue weighted by molar-refractivity contribution is 5.95. The lowest BCUT2D eigenvalue weighted by atomic mass is 10.1. The molecule has 6 nitrogen and oxygen atoms in total. The zero-order chi connectivity index (χ0) is 17.6. The number of rotatable bonds is 7. The zero-order valence-electron chi connectivity index (χ0n) is 15.0. The van der Waals surface area contributed by atoms with Gasteiger partial charge in [0.1, 0.15) is 0 Å². The average molecular weight is 379 g/mol. The van der Waals surface area contributed by atoms with E-state index in [0.717, 1.165) is 30.6 Å². The molecule has 2 unspecified atom stereocenters. The number of amides is 1. The number of hydrogen-bond acceptors (Lipinski definition) is 4. The van der Waals surface area contributed by atoms with Crippen molar-refractivity contribution in [3.63, 3.8) is 0 Å². The molecule has 2 heterocycles. The van der Waals surface area contributed by atoms with Crippen LogP contribution in [-0.4, -0.2) is 46.5 Å². The molecular formula is C19H27ClN4O2. The van der Waals surface area contributed by atoms with E-state index >= 15 is 0 Å². The molecule has 0 spiro atoms. The minimum atomic E-state index is -0.392. The number of aliphatic hydroxyl groups is 1. The minimum Gasteiger partial charge on any atom is -0.391 e. The fourth-order valence-corrected chi connectivity index (χ4v) is 3.24. The van der Waals surface area contributed by atoms with Crippen molar-refractivity contribution in [3.05, 3.63) is 53.3 Å². The van der Waals surface area contributed by atoms with Gasteiger partial charge in [-0.3, -0.25) is 9.48 Å². The number of carbonyl (C=O) groups excluding carboxylic acids is 1. The molecule has 2 atom stereocenters. The normalized spacial score (nSPS) is 19.2. The van der Waals surface area contributed by atoms with Gasteiger partial charge in [-0.1, -0.05) is 43.7 Å². The van der Waals surface area contributed by atoms with Crippen molar-refractivity contribution in [1.29, 1.82) is 0 Å². The van der Waals surface area contributed by atoms with Gasteiger partial charge in [-0.25, -0.2) is 0 Å². The molecule has 0 bridgehead atoms. The first-order chi connectivity index (χ1) is 12.2. The van der Waals surface area contributed by atoms with Crippen LogP contribution in [-0.2, 0) is 13.0 Å². The van der Waals surface area contributed by atoms with Gasteiger partial charge in [0.25, 0.3) is 5.91 Å². The Morgan fingerprint density at radius 2 is 2.12 bits per heavy atom. The molecule has 26 heavy (non-hydrogen) atoms. The van der Waals surface area contributed by atoms with Crippen molar-refractivity contribution in [2.24, 2.45) is 5.92 Å². The number of aromatic nitrogens is 2. The van der Waals surface area contributed by atoms with Gasteiger partial charge >= 0.3 is 0 Å². The van der Waals surface area contributed by atoms with E-state index in [2.05, 4.69) is 34.8 Å². The summed E-state index contributed by atoms with van der Waals surface area (Å²) in [6.45, 7) is 4.56. The lowest BCUT2D eigenvalue weighted by Crippen LogP contribution is -2.34. The van der Waals surface area contributed by atoms with Gasteiger partial charge in [0, 0.05) is 25.6 Å². The van der Waals surface area contributed by atoms with E-state index in [1.165, 1.54) is 0 Å². The Kier molecular flexibility index (Phi) is 7.63. The van der Waals surface area contributed by atoms with Crippen LogP contribution in [0.25, 0.3) is 0 Å². The van der Waals surface area contributed by atoms with Crippen LogP contribution in [0.5, 0.6) is 0 Å². The molecular weight excluding hydrogens is 352 g/mol. The molecule has 0 radical (unpaired) electrons. The Morgan fingerprint density at radius 1 is 1.35 bits per heavy atom. The SMILES string of the molecule is CCCc1c(C(=O)NCC2CNCC2O)cnn1Cc1ccccc1.Cl. The first-order valence-corrected chi connectivity index (χ1v) is 8.94. The fraction of sp³-hybridized carbons (Fsp3) is 0.474. The molecule has 142 valence electrons. The summed E-state index contributed by atoms with van der Waals surface area (Å²) in [6, 6.07) is 10.1. The van der Waals surface area contributed by atoms with E-state index < -0.39 is 6.10 Å². The molecule has 3 rings (SSSR count). The van der Waals surface area contributed by atoms with Crippen LogP contribution in [0.3, 0.4) is 0 Å². The minimum absolute atomic E-state index is 0. The predicted molar refractivity (Wildman–Crippen MR) is 104 cm³/mol. The number of benzene rings is 1. The summed E-state index contributed by atoms with van der Waals surface area (Å²) in [4.78, 5) is 12.6. The maximum atomic E-state index is 12.6. The van der Waals surface area contributed by atoms with Crippen molar-refractivity contribution >= 4 is 18.3 Å². The standard InChI is InChI=1S/C19H26N4O2.ClH/c1-2-6-17-16(19(25)21-10-15-9-20-12-18(15)24)11-22-23(17)13-14-7-4-3-5-8-14;/h3-5,7-8,11,15,18,20,24H,2,6,9-10,12-13H2,1H3,(H,21,25);1H. The van der Waals surface area contributed by atoms with E-state index in [1.54, 1.807) is 6.20 Å². The van der Waals surface area contributed by atoms with Gasteiger partial charge in [-0.05, 0) is 12.0 Å². The van der Waals surface area contributed by atoms with Gasteiger partial charge in [0.15, 0.2) is 0 Å². The number of nitrogens with one attached hydrogen (secondary N) is 2. The van der Waals surface area contributed by atoms with Crippen LogP contribution in [0.4, 0.5) is 0 Å². The van der Waals surface area contributed by atoms with E-state index in [0.29, 0.717) is 25.2 Å². The molecule has 1 amide bonds. The van der Waals surface area contributed by atoms with Crippen molar-refractivity contribution in [2.75, 3.05) is 19.6 Å². The van der Waals surface area contributed by atoms with Crippen LogP contribution < -0.4 is 10.6 Å². The molecule has 1 aromatic carbocycles. The van der Waals surface area contributed by atoms with E-state index in [-0.39, 0.29) is 24.2 Å². The highest BCUT2D eigenvalue weighted by Crippen LogP contribution is 2.14. The third-order valence-electron chi connectivity index (χ3n) is 4.68. The Labute approximate surface area is 160 Å². The molecule has 0 saturated carbocycles. The number of halogens is 1. The Balaban J connectivity index is 0.00000243. The molecule has 1 aliphatic rings. The second kappa shape index (κ2) is 9.71. The number of carbonyl (C=O) groups is 1. The number of β-amino-alcohol motifs (C(OH)–C–C–N with tert-alkyl or cyclic N) is 1. The third-order valence-corrected chi connectivity index (χ3v) is 4.68. The van der Waals surface area contributed by atoms with Gasteiger partial charge in [-0.2, -0.15) is 5.10 Å². The van der Waals surface area contributed by atoms with Crippen LogP contribution in [0, 0.1) is 5.92 Å². The quantitative estimate of drug-likeness (QED) is 0.684. The predicted octanol–water partition coefficient (Wildman–Crippen LogP) is 1.62. The highest BCUT2D eigenvalue weighted by Gasteiger charge is 2.26. The van der Waals surface area contributed by atoms with Gasteiger partial charge < -0.3 is 15.7 Å². The van der Waals surface area contributed by atoms with E-state index in [9.17, 15) is 9.90 Å². The molecule has 0 aliphatic carbocycles. The fourth-order valence-electron chi connectivity index (χ4n) is 3.24. The molecule has 1 fully saturated rings. The first-order valence-electron chi connectivity index (χ1n) is 8.94. The highest BCUT2D eigenvalue weighted by atomic mass is 35.5. The summed E-state index contributed by atoms with van der Waals surface area (Å²) in [5.41, 5.74) is 2.77. The number of nitrogens with zero attached hydrogens (tertiary/aromatic N) is 2. The number of hydrogen-bond donors (Lipinski definition) is 3. The van der Waals surface area contributed by atoms with Crippen molar-refractivity contribution in [3.8, 4) is 0 Å². The summed E-state index contributed by atoms with van der Waals surface area (Å²) in [5.74, 6) is -0.0419. The average Bonchev–Trinajstić information content (AvgIpc) is 3.21. The molecule has 1 aliphatic heterocycles. The van der Waals surface area contributed by atoms with Crippen molar-refractivity contribution < 1.29 is 9.90 Å². The van der Waals surface area contributed by atoms with Crippen LogP contribution in [0.1, 0.15) is 35.0 Å². The second-order valence-electron chi connectivity index (χ2n) is 6.59. The van der Waals surface area contributed by atoms with Crippen molar-refractivity contribution in [2.45, 2.75) is 32.4 Å². The van der Waals surface area contributed by atoms with Crippen LogP contribution >= 0.6 is 12.4 Å². The lowest BCUT2D eigenvalue weighted by molar-refractivity contribution is 0.0926. The van der Waals surface area contributed by atoms with Gasteiger partial charge in [0.05, 0.1) is 30.1 Å². The number of aliphatic hydroxyl groups excluding tert-OH is 1. The molecule has 1 saturated heterocycles. The van der Waals surface area contributed by atoms with Crippen molar-refractivity contribution in [1.82, 2.24) is 20.4 Å². The third kappa shape index (κ3) is 4.84. The monoisotopic (exact) mass is 378 g/mol. The van der Waals surface area contributed by atoms with Crippen LogP contribution in [0.15, 0.2) is 36.5 Å². The summed E-state index contributed by atoms with van der Waals surface area (Å²) in [5, 5.41) is 20.4. The summed E-state index contributed by atoms with van der Waals surface area (Å²) in [6.07, 6.45) is 3.03. The maximum absolute atomic E-state index is 12.6. The van der Waals surface area contributed by atoms with Gasteiger partial charge in [0.2, 0.25) is 0 Å². The largest absolute Gasteiger partial charge is 0.391 e. The summed E-state index contributed by atoms with van der Waals surface area (Å²) < 4.78 is 1.92. The van der Waals surface area contributed by atoms with E-state index in [4.69, 9.17) is 0 Å². The maximum Gasteiger partial charge on any atom is 0.254 e. The summed E-state index contributed by atoms with van der Waals surface area (Å²) in [7, 11) is 0. The molecule has 3 N–H and O–H groups in total. The van der Waals surface area contributed by atoms with E-state index in [1.807, 2.05) is 22.9 Å². The van der Waals surface area contributed by atoms with Crippen LogP contribution in [0.2, 0.25) is 0 Å². The molecule has 7 heteroatoms. The topological polar surface area (TPSA) is 79.2 Å². The lowest BCUT2D eigenvalue weighted by Gasteiger charge is -2.14. The first kappa shape index (κ1) is 20.4. The second-order valence-corrected chi connectivity index (χ2v) is 6.59. The smallest absolute Gasteiger partial charge is 0.254 e. The molecule has 2 aromatic rings. The molecule has 1 aromatic heterocycles. The zero-order valence-corrected chi connectivity index (χ0v) is 15.8. The summed E-state index contributed by atoms with van der Waals surface area (Å²) >= 11 is 0. The Hall–Kier alpha value is -1.89. The Bertz CT molecular complexity index is 705. The Morgan fingerprint density at radius 3 is 2.77 bits per heavy atom.